The van der Waals surface area contributed by atoms with E-state index in [1.807, 2.05) is 0 Å². The molecule has 0 atom stereocenters. The Hall–Kier alpha value is -3.07. The smallest absolute Gasteiger partial charge is 0.264 e. The van der Waals surface area contributed by atoms with E-state index in [4.69, 9.17) is 4.74 Å². The molecule has 2 aromatic rings. The van der Waals surface area contributed by atoms with E-state index in [2.05, 4.69) is 5.32 Å². The molecule has 1 aliphatic heterocycles. The molecule has 0 radical (unpaired) electrons. The first-order chi connectivity index (χ1) is 14.3. The third-order valence-electron chi connectivity index (χ3n) is 5.03. The highest BCUT2D eigenvalue weighted by atomic mass is 32.2. The van der Waals surface area contributed by atoms with E-state index in [1.54, 1.807) is 35.2 Å². The molecule has 9 heteroatoms. The largest absolute Gasteiger partial charge is 0.497 e. The van der Waals surface area contributed by atoms with Gasteiger partial charge < -0.3 is 15.0 Å². The van der Waals surface area contributed by atoms with E-state index >= 15 is 0 Å². The molecule has 160 valence electrons. The van der Waals surface area contributed by atoms with Crippen LogP contribution in [0.5, 0.6) is 5.75 Å². The molecule has 1 aliphatic rings. The van der Waals surface area contributed by atoms with Crippen molar-refractivity contribution in [2.45, 2.75) is 17.7 Å². The number of nitrogens with zero attached hydrogens (tertiary/aromatic N) is 2. The lowest BCUT2D eigenvalue weighted by Gasteiger charge is -2.20. The van der Waals surface area contributed by atoms with Crippen molar-refractivity contribution >= 4 is 27.5 Å². The second-order valence-electron chi connectivity index (χ2n) is 6.94. The Kier molecular flexibility index (Phi) is 6.61. The Morgan fingerprint density at radius 3 is 2.57 bits per heavy atom. The number of carbonyl (C=O) groups excluding carboxylic acids is 2. The van der Waals surface area contributed by atoms with Gasteiger partial charge in [0.2, 0.25) is 5.91 Å². The number of benzene rings is 2. The van der Waals surface area contributed by atoms with Gasteiger partial charge in [-0.3, -0.25) is 13.9 Å². The number of methoxy groups -OCH3 is 1. The van der Waals surface area contributed by atoms with E-state index in [0.29, 0.717) is 36.5 Å². The van der Waals surface area contributed by atoms with Crippen molar-refractivity contribution in [3.05, 3.63) is 54.1 Å². The molecule has 2 amide bonds. The average molecular weight is 432 g/mol. The molecule has 3 rings (SSSR count). The summed E-state index contributed by atoms with van der Waals surface area (Å²) < 4.78 is 32.0. The lowest BCUT2D eigenvalue weighted by molar-refractivity contribution is -0.127. The van der Waals surface area contributed by atoms with Crippen molar-refractivity contribution in [1.29, 1.82) is 0 Å². The highest BCUT2D eigenvalue weighted by Gasteiger charge is 2.22. The molecular weight excluding hydrogens is 406 g/mol. The van der Waals surface area contributed by atoms with Crippen LogP contribution in [0.4, 0.5) is 5.69 Å². The van der Waals surface area contributed by atoms with Crippen LogP contribution in [0.25, 0.3) is 0 Å². The van der Waals surface area contributed by atoms with Crippen LogP contribution in [-0.4, -0.2) is 58.9 Å². The second-order valence-corrected chi connectivity index (χ2v) is 8.91. The van der Waals surface area contributed by atoms with Crippen LogP contribution in [-0.2, 0) is 14.8 Å². The van der Waals surface area contributed by atoms with Crippen LogP contribution in [0, 0.1) is 0 Å². The third-order valence-corrected chi connectivity index (χ3v) is 6.83. The quantitative estimate of drug-likeness (QED) is 0.688. The number of carbonyl (C=O) groups is 2. The minimum atomic E-state index is -3.79. The Morgan fingerprint density at radius 1 is 1.20 bits per heavy atom. The zero-order valence-electron chi connectivity index (χ0n) is 17.0. The number of likely N-dealkylation sites (tertiary alicyclic amines) is 1. The summed E-state index contributed by atoms with van der Waals surface area (Å²) in [6.07, 6.45) is 1.41. The van der Waals surface area contributed by atoms with Crippen LogP contribution >= 0.6 is 0 Å². The zero-order chi connectivity index (χ0) is 21.7. The summed E-state index contributed by atoms with van der Waals surface area (Å²) in [6.45, 7) is 1.53. The molecule has 1 fully saturated rings. The highest BCUT2D eigenvalue weighted by molar-refractivity contribution is 7.92. The molecule has 0 aromatic heterocycles. The minimum absolute atomic E-state index is 0.108. The van der Waals surface area contributed by atoms with Crippen molar-refractivity contribution < 1.29 is 22.7 Å². The van der Waals surface area contributed by atoms with E-state index in [1.165, 1.54) is 32.4 Å². The minimum Gasteiger partial charge on any atom is -0.497 e. The molecule has 0 saturated carbocycles. The number of sulfonamides is 1. The number of hydrogen-bond acceptors (Lipinski definition) is 5. The Labute approximate surface area is 176 Å². The fraction of sp³-hybridized carbons (Fsp3) is 0.333. The molecule has 0 aliphatic carbocycles. The van der Waals surface area contributed by atoms with Crippen molar-refractivity contribution in [2.24, 2.45) is 0 Å². The van der Waals surface area contributed by atoms with Gasteiger partial charge in [0, 0.05) is 38.7 Å². The van der Waals surface area contributed by atoms with Gasteiger partial charge in [0.25, 0.3) is 15.9 Å². The highest BCUT2D eigenvalue weighted by Crippen LogP contribution is 2.24. The number of amides is 2. The molecule has 1 N–H and O–H groups in total. The predicted octanol–water partition coefficient (Wildman–Crippen LogP) is 1.87. The van der Waals surface area contributed by atoms with E-state index in [9.17, 15) is 18.0 Å². The molecule has 2 aromatic carbocycles. The lowest BCUT2D eigenvalue weighted by atomic mass is 10.2. The normalized spacial score (nSPS) is 13.9. The standard InChI is InChI=1S/C21H25N3O5S/c1-23(30(27,28)19-10-8-18(29-2)9-11-19)17-6-3-5-16(15-17)21(26)22-12-14-24-13-4-7-20(24)25/h3,5-6,8-11,15H,4,7,12-14H2,1-2H3,(H,22,26). The van der Waals surface area contributed by atoms with E-state index < -0.39 is 10.0 Å². The maximum absolute atomic E-state index is 12.9. The molecule has 8 nitrogen and oxygen atoms in total. The van der Waals surface area contributed by atoms with Crippen molar-refractivity contribution in [1.82, 2.24) is 10.2 Å². The van der Waals surface area contributed by atoms with Gasteiger partial charge >= 0.3 is 0 Å². The second kappa shape index (κ2) is 9.17. The summed E-state index contributed by atoms with van der Waals surface area (Å²) in [5, 5.41) is 2.78. The van der Waals surface area contributed by atoms with Gasteiger partial charge in [0.05, 0.1) is 17.7 Å². The predicted molar refractivity (Wildman–Crippen MR) is 113 cm³/mol. The van der Waals surface area contributed by atoms with Crippen molar-refractivity contribution in [2.75, 3.05) is 38.1 Å². The fourth-order valence-electron chi connectivity index (χ4n) is 3.23. The molecule has 1 heterocycles. The van der Waals surface area contributed by atoms with Crippen molar-refractivity contribution in [3.63, 3.8) is 0 Å². The Balaban J connectivity index is 1.68. The first-order valence-electron chi connectivity index (χ1n) is 9.62. The fourth-order valence-corrected chi connectivity index (χ4v) is 4.42. The summed E-state index contributed by atoms with van der Waals surface area (Å²) >= 11 is 0. The molecular formula is C21H25N3O5S. The monoisotopic (exact) mass is 431 g/mol. The van der Waals surface area contributed by atoms with E-state index in [-0.39, 0.29) is 16.7 Å². The van der Waals surface area contributed by atoms with Gasteiger partial charge in [-0.1, -0.05) is 6.07 Å². The van der Waals surface area contributed by atoms with Crippen LogP contribution in [0.1, 0.15) is 23.2 Å². The molecule has 0 spiro atoms. The first-order valence-corrected chi connectivity index (χ1v) is 11.1. The SMILES string of the molecule is COc1ccc(S(=O)(=O)N(C)c2cccc(C(=O)NCCN3CCCC3=O)c2)cc1. The van der Waals surface area contributed by atoms with Crippen LogP contribution in [0.3, 0.4) is 0 Å². The Morgan fingerprint density at radius 2 is 1.93 bits per heavy atom. The number of anilines is 1. The van der Waals surface area contributed by atoms with Gasteiger partial charge in [-0.15, -0.1) is 0 Å². The maximum Gasteiger partial charge on any atom is 0.264 e. The van der Waals surface area contributed by atoms with Crippen LogP contribution in [0.15, 0.2) is 53.4 Å². The number of hydrogen-bond donors (Lipinski definition) is 1. The summed E-state index contributed by atoms with van der Waals surface area (Å²) in [5.74, 6) is 0.348. The first kappa shape index (κ1) is 21.6. The summed E-state index contributed by atoms with van der Waals surface area (Å²) in [4.78, 5) is 25.9. The summed E-state index contributed by atoms with van der Waals surface area (Å²) in [6, 6.07) is 12.5. The summed E-state index contributed by atoms with van der Waals surface area (Å²) in [5.41, 5.74) is 0.713. The topological polar surface area (TPSA) is 96.0 Å². The van der Waals surface area contributed by atoms with Gasteiger partial charge in [-0.2, -0.15) is 0 Å². The molecule has 0 unspecified atom stereocenters. The van der Waals surface area contributed by atoms with Gasteiger partial charge in [-0.25, -0.2) is 8.42 Å². The molecule has 0 bridgehead atoms. The number of rotatable bonds is 8. The number of ether oxygens (including phenoxy) is 1. The summed E-state index contributed by atoms with van der Waals surface area (Å²) in [7, 11) is -0.843. The number of nitrogens with one attached hydrogen (secondary N) is 1. The van der Waals surface area contributed by atoms with Gasteiger partial charge in [0.1, 0.15) is 5.75 Å². The van der Waals surface area contributed by atoms with Crippen molar-refractivity contribution in [3.8, 4) is 5.75 Å². The lowest BCUT2D eigenvalue weighted by Crippen LogP contribution is -2.35. The van der Waals surface area contributed by atoms with Gasteiger partial charge in [-0.05, 0) is 48.9 Å². The van der Waals surface area contributed by atoms with Gasteiger partial charge in [0.15, 0.2) is 0 Å². The average Bonchev–Trinajstić information content (AvgIpc) is 3.17. The molecule has 1 saturated heterocycles. The Bertz CT molecular complexity index is 1020. The molecule has 30 heavy (non-hydrogen) atoms. The van der Waals surface area contributed by atoms with Crippen LogP contribution in [0.2, 0.25) is 0 Å². The zero-order valence-corrected chi connectivity index (χ0v) is 17.8. The van der Waals surface area contributed by atoms with E-state index in [0.717, 1.165) is 17.3 Å². The maximum atomic E-state index is 12.9. The third kappa shape index (κ3) is 4.73. The van der Waals surface area contributed by atoms with Crippen LogP contribution < -0.4 is 14.4 Å².